The third-order valence-electron chi connectivity index (χ3n) is 2.69. The quantitative estimate of drug-likeness (QED) is 0.334. The van der Waals surface area contributed by atoms with Gasteiger partial charge in [-0.25, -0.2) is 0 Å². The Hall–Kier alpha value is -0.680. The van der Waals surface area contributed by atoms with Gasteiger partial charge in [0.05, 0.1) is 6.61 Å². The molecule has 5 heteroatoms. The molecule has 4 nitrogen and oxygen atoms in total. The minimum Gasteiger partial charge on any atom is -0.383 e. The Morgan fingerprint density at radius 1 is 1.44 bits per heavy atom. The molecule has 1 fully saturated rings. The lowest BCUT2D eigenvalue weighted by molar-refractivity contribution is 0.204. The predicted octanol–water partition coefficient (Wildman–Crippen LogP) is 1.66. The second kappa shape index (κ2) is 8.47. The van der Waals surface area contributed by atoms with E-state index in [-0.39, 0.29) is 0 Å². The first-order valence-corrected chi connectivity index (χ1v) is 6.29. The van der Waals surface area contributed by atoms with E-state index < -0.39 is 0 Å². The van der Waals surface area contributed by atoms with Crippen LogP contribution in [0.2, 0.25) is 0 Å². The average Bonchev–Trinajstić information content (AvgIpc) is 2.31. The van der Waals surface area contributed by atoms with Gasteiger partial charge in [-0.05, 0) is 31.0 Å². The predicted molar refractivity (Wildman–Crippen MR) is 70.7 cm³/mol. The smallest absolute Gasteiger partial charge is 0.187 e. The van der Waals surface area contributed by atoms with E-state index in [1.54, 1.807) is 7.11 Å². The Labute approximate surface area is 103 Å². The van der Waals surface area contributed by atoms with Crippen molar-refractivity contribution in [3.63, 3.8) is 0 Å². The Kier molecular flexibility index (Phi) is 7.09. The van der Waals surface area contributed by atoms with E-state index in [4.69, 9.17) is 17.0 Å². The van der Waals surface area contributed by atoms with Gasteiger partial charge in [-0.15, -0.1) is 0 Å². The van der Waals surface area contributed by atoms with Crippen LogP contribution in [0.4, 0.5) is 0 Å². The monoisotopic (exact) mass is 243 g/mol. The maximum absolute atomic E-state index is 5.04. The molecule has 0 aromatic rings. The van der Waals surface area contributed by atoms with Gasteiger partial charge in [0.2, 0.25) is 0 Å². The van der Waals surface area contributed by atoms with Crippen molar-refractivity contribution in [3.05, 3.63) is 0 Å². The summed E-state index contributed by atoms with van der Waals surface area (Å²) >= 11 is 5.04. The van der Waals surface area contributed by atoms with E-state index in [0.717, 1.165) is 0 Å². The van der Waals surface area contributed by atoms with E-state index in [9.17, 15) is 0 Å². The Bertz CT molecular complexity index is 227. The third kappa shape index (κ3) is 6.02. The molecule has 0 amide bonds. The second-order valence-electron chi connectivity index (χ2n) is 4.04. The van der Waals surface area contributed by atoms with Gasteiger partial charge in [-0.1, -0.05) is 19.3 Å². The fourth-order valence-electron chi connectivity index (χ4n) is 1.79. The van der Waals surface area contributed by atoms with Crippen molar-refractivity contribution in [1.29, 1.82) is 0 Å². The molecule has 0 aromatic carbocycles. The Morgan fingerprint density at radius 2 is 2.19 bits per heavy atom. The molecular weight excluding hydrogens is 222 g/mol. The summed E-state index contributed by atoms with van der Waals surface area (Å²) in [5, 5.41) is 7.72. The highest BCUT2D eigenvalue weighted by Gasteiger charge is 2.10. The molecule has 1 saturated carbocycles. The molecule has 0 unspecified atom stereocenters. The van der Waals surface area contributed by atoms with Crippen LogP contribution in [0, 0.1) is 5.92 Å². The highest BCUT2D eigenvalue weighted by atomic mass is 32.1. The summed E-state index contributed by atoms with van der Waals surface area (Å²) < 4.78 is 4.90. The zero-order valence-corrected chi connectivity index (χ0v) is 10.7. The number of hydrogen-bond donors (Lipinski definition) is 2. The van der Waals surface area contributed by atoms with E-state index in [1.807, 2.05) is 6.21 Å². The first kappa shape index (κ1) is 13.4. The molecule has 1 aliphatic carbocycles. The number of nitrogens with one attached hydrogen (secondary N) is 2. The van der Waals surface area contributed by atoms with Crippen molar-refractivity contribution in [2.75, 3.05) is 20.3 Å². The molecule has 0 spiro atoms. The van der Waals surface area contributed by atoms with Crippen LogP contribution in [0.15, 0.2) is 5.10 Å². The van der Waals surface area contributed by atoms with Crippen LogP contribution in [0.3, 0.4) is 0 Å². The lowest BCUT2D eigenvalue weighted by Crippen LogP contribution is -2.34. The maximum atomic E-state index is 5.04. The Morgan fingerprint density at radius 3 is 2.88 bits per heavy atom. The van der Waals surface area contributed by atoms with Crippen molar-refractivity contribution in [3.8, 4) is 0 Å². The lowest BCUT2D eigenvalue weighted by Gasteiger charge is -2.16. The van der Waals surface area contributed by atoms with Gasteiger partial charge in [0.25, 0.3) is 0 Å². The first-order valence-electron chi connectivity index (χ1n) is 5.89. The van der Waals surface area contributed by atoms with Crippen molar-refractivity contribution < 1.29 is 4.74 Å². The third-order valence-corrected chi connectivity index (χ3v) is 2.93. The summed E-state index contributed by atoms with van der Waals surface area (Å²) in [5.41, 5.74) is 2.82. The minimum absolute atomic E-state index is 0.559. The standard InChI is InChI=1S/C11H21N3OS/c1-15-8-7-12-11(16)14-13-9-10-5-3-2-4-6-10/h9-10H,2-8H2,1H3,(H2,12,14,16)/b13-9+. The molecule has 2 N–H and O–H groups in total. The Balaban J connectivity index is 2.07. The van der Waals surface area contributed by atoms with Crippen LogP contribution >= 0.6 is 12.2 Å². The SMILES string of the molecule is COCCNC(=S)N/N=C/C1CCCCC1. The highest BCUT2D eigenvalue weighted by molar-refractivity contribution is 7.80. The van der Waals surface area contributed by atoms with Crippen LogP contribution in [-0.4, -0.2) is 31.6 Å². The molecule has 92 valence electrons. The summed E-state index contributed by atoms with van der Waals surface area (Å²) in [5.74, 6) is 0.628. The molecule has 0 aliphatic heterocycles. The molecule has 0 atom stereocenters. The topological polar surface area (TPSA) is 45.6 Å². The summed E-state index contributed by atoms with van der Waals surface area (Å²) in [4.78, 5) is 0. The van der Waals surface area contributed by atoms with E-state index in [2.05, 4.69) is 15.8 Å². The summed E-state index contributed by atoms with van der Waals surface area (Å²) in [6.07, 6.45) is 8.53. The molecule has 0 radical (unpaired) electrons. The molecule has 0 heterocycles. The second-order valence-corrected chi connectivity index (χ2v) is 4.45. The van der Waals surface area contributed by atoms with Crippen molar-refractivity contribution in [2.24, 2.45) is 11.0 Å². The van der Waals surface area contributed by atoms with Gasteiger partial charge in [0.1, 0.15) is 0 Å². The van der Waals surface area contributed by atoms with E-state index >= 15 is 0 Å². The van der Waals surface area contributed by atoms with Crippen LogP contribution in [0.1, 0.15) is 32.1 Å². The van der Waals surface area contributed by atoms with Gasteiger partial charge >= 0.3 is 0 Å². The number of hydrogen-bond acceptors (Lipinski definition) is 3. The van der Waals surface area contributed by atoms with Gasteiger partial charge in [0, 0.05) is 19.9 Å². The van der Waals surface area contributed by atoms with E-state index in [1.165, 1.54) is 32.1 Å². The summed E-state index contributed by atoms with van der Waals surface area (Å²) in [6, 6.07) is 0. The molecular formula is C11H21N3OS. The number of rotatable bonds is 5. The molecule has 0 saturated heterocycles. The number of ether oxygens (including phenoxy) is 1. The lowest BCUT2D eigenvalue weighted by atomic mass is 9.90. The van der Waals surface area contributed by atoms with Crippen LogP contribution in [-0.2, 0) is 4.74 Å². The highest BCUT2D eigenvalue weighted by Crippen LogP contribution is 2.21. The fourth-order valence-corrected chi connectivity index (χ4v) is 1.95. The number of thiocarbonyl (C=S) groups is 1. The van der Waals surface area contributed by atoms with Gasteiger partial charge in [0.15, 0.2) is 5.11 Å². The first-order chi connectivity index (χ1) is 7.83. The molecule has 0 aromatic heterocycles. The van der Waals surface area contributed by atoms with Crippen molar-refractivity contribution >= 4 is 23.5 Å². The van der Waals surface area contributed by atoms with Gasteiger partial charge < -0.3 is 10.1 Å². The summed E-state index contributed by atoms with van der Waals surface area (Å²) in [7, 11) is 1.67. The normalized spacial score (nSPS) is 17.6. The zero-order chi connectivity index (χ0) is 11.6. The molecule has 16 heavy (non-hydrogen) atoms. The molecule has 1 aliphatic rings. The average molecular weight is 243 g/mol. The van der Waals surface area contributed by atoms with Crippen LogP contribution in [0.5, 0.6) is 0 Å². The van der Waals surface area contributed by atoms with E-state index in [0.29, 0.717) is 24.2 Å². The zero-order valence-electron chi connectivity index (χ0n) is 9.87. The van der Waals surface area contributed by atoms with Crippen molar-refractivity contribution in [2.45, 2.75) is 32.1 Å². The number of methoxy groups -OCH3 is 1. The van der Waals surface area contributed by atoms with Gasteiger partial charge in [-0.2, -0.15) is 5.10 Å². The number of nitrogens with zero attached hydrogens (tertiary/aromatic N) is 1. The molecule has 1 rings (SSSR count). The maximum Gasteiger partial charge on any atom is 0.187 e. The molecule has 0 bridgehead atoms. The van der Waals surface area contributed by atoms with Crippen LogP contribution in [0.25, 0.3) is 0 Å². The number of hydrazone groups is 1. The minimum atomic E-state index is 0.559. The van der Waals surface area contributed by atoms with Crippen LogP contribution < -0.4 is 10.7 Å². The fraction of sp³-hybridized carbons (Fsp3) is 0.818. The van der Waals surface area contributed by atoms with Gasteiger partial charge in [-0.3, -0.25) is 5.43 Å². The van der Waals surface area contributed by atoms with Crippen molar-refractivity contribution in [1.82, 2.24) is 10.7 Å². The largest absolute Gasteiger partial charge is 0.383 e. The summed E-state index contributed by atoms with van der Waals surface area (Å²) in [6.45, 7) is 1.36.